The molecule has 0 unspecified atom stereocenters. The number of halogens is 3. The van der Waals surface area contributed by atoms with E-state index in [1.165, 1.54) is 24.8 Å². The summed E-state index contributed by atoms with van der Waals surface area (Å²) in [5.41, 5.74) is 8.10. The van der Waals surface area contributed by atoms with E-state index in [1.807, 2.05) is 55.5 Å². The smallest absolute Gasteiger partial charge is 0.343 e. The molecule has 1 aliphatic heterocycles. The highest BCUT2D eigenvalue weighted by molar-refractivity contribution is 6.01. The summed E-state index contributed by atoms with van der Waals surface area (Å²) in [6, 6.07) is 17.3. The molecule has 0 spiro atoms. The zero-order valence-electron chi connectivity index (χ0n) is 24.3. The average molecular weight is 596 g/mol. The molecule has 1 aliphatic rings. The van der Waals surface area contributed by atoms with Gasteiger partial charge in [0.2, 0.25) is 11.8 Å². The lowest BCUT2D eigenvalue weighted by Crippen LogP contribution is -2.56. The molecule has 4 rings (SSSR count). The molecule has 0 saturated carbocycles. The van der Waals surface area contributed by atoms with Gasteiger partial charge >= 0.3 is 12.2 Å². The van der Waals surface area contributed by atoms with Gasteiger partial charge in [-0.05, 0) is 79.6 Å². The van der Waals surface area contributed by atoms with Crippen molar-refractivity contribution in [3.8, 4) is 11.1 Å². The van der Waals surface area contributed by atoms with Crippen molar-refractivity contribution >= 4 is 23.5 Å². The molecule has 11 heteroatoms. The van der Waals surface area contributed by atoms with Crippen LogP contribution < -0.4 is 26.6 Å². The van der Waals surface area contributed by atoms with Crippen LogP contribution in [-0.4, -0.2) is 36.0 Å². The molecule has 0 radical (unpaired) electrons. The van der Waals surface area contributed by atoms with Gasteiger partial charge in [0.1, 0.15) is 6.04 Å². The van der Waals surface area contributed by atoms with Crippen molar-refractivity contribution in [3.05, 3.63) is 89.0 Å². The Hall–Kier alpha value is -4.38. The van der Waals surface area contributed by atoms with Crippen LogP contribution >= 0.6 is 0 Å². The number of alkyl halides is 3. The molecule has 5 N–H and O–H groups in total. The molecule has 0 aromatic heterocycles. The average Bonchev–Trinajstić information content (AvgIpc) is 3.08. The van der Waals surface area contributed by atoms with Crippen LogP contribution in [0.3, 0.4) is 0 Å². The summed E-state index contributed by atoms with van der Waals surface area (Å²) in [4.78, 5) is 39.7. The van der Waals surface area contributed by atoms with Crippen LogP contribution in [0.15, 0.2) is 66.7 Å². The number of amides is 4. The fraction of sp³-hybridized carbons (Fsp3) is 0.344. The summed E-state index contributed by atoms with van der Waals surface area (Å²) in [5, 5.41) is 8.23. The number of rotatable bonds is 8. The van der Waals surface area contributed by atoms with E-state index in [0.717, 1.165) is 34.4 Å². The van der Waals surface area contributed by atoms with Gasteiger partial charge in [0.25, 0.3) is 0 Å². The number of aryl methyl sites for hydroxylation is 1. The highest BCUT2D eigenvalue weighted by atomic mass is 19.4. The zero-order chi connectivity index (χ0) is 31.4. The lowest BCUT2D eigenvalue weighted by atomic mass is 9.98. The van der Waals surface area contributed by atoms with E-state index in [-0.39, 0.29) is 25.4 Å². The Morgan fingerprint density at radius 1 is 1.00 bits per heavy atom. The minimum atomic E-state index is -4.53. The van der Waals surface area contributed by atoms with Crippen molar-refractivity contribution in [2.75, 3.05) is 11.4 Å². The second-order valence-corrected chi connectivity index (χ2v) is 11.1. The number of nitrogens with two attached hydrogens (primary N) is 1. The molecule has 0 fully saturated rings. The number of hydrogen-bond acceptors (Lipinski definition) is 4. The van der Waals surface area contributed by atoms with E-state index in [9.17, 15) is 27.6 Å². The Kier molecular flexibility index (Phi) is 9.44. The molecular formula is C32H36F3N5O3. The van der Waals surface area contributed by atoms with Crippen LogP contribution in [0.4, 0.5) is 23.7 Å². The SMILES string of the molecule is CCNC(=O)NCc1ccccc1-c1ccc(CN2C(=O)[C@H](NC(=O)C(C)(C)N)CCc3cc(C(F)(F)F)ccc32)cc1. The van der Waals surface area contributed by atoms with Gasteiger partial charge in [-0.2, -0.15) is 13.2 Å². The first-order chi connectivity index (χ1) is 20.3. The number of nitrogens with zero attached hydrogens (tertiary/aromatic N) is 1. The molecule has 228 valence electrons. The summed E-state index contributed by atoms with van der Waals surface area (Å²) < 4.78 is 40.5. The second kappa shape index (κ2) is 12.9. The van der Waals surface area contributed by atoms with Gasteiger partial charge in [-0.25, -0.2) is 4.79 Å². The molecule has 1 atom stereocenters. The number of nitrogens with one attached hydrogen (secondary N) is 3. The topological polar surface area (TPSA) is 117 Å². The third-order valence-corrected chi connectivity index (χ3v) is 7.25. The molecule has 4 amide bonds. The van der Waals surface area contributed by atoms with E-state index in [1.54, 1.807) is 0 Å². The molecule has 3 aromatic carbocycles. The van der Waals surface area contributed by atoms with E-state index in [2.05, 4.69) is 16.0 Å². The third kappa shape index (κ3) is 7.72. The van der Waals surface area contributed by atoms with Gasteiger partial charge < -0.3 is 26.6 Å². The maximum absolute atomic E-state index is 13.8. The Bertz CT molecular complexity index is 1480. The van der Waals surface area contributed by atoms with E-state index < -0.39 is 35.1 Å². The molecule has 0 aliphatic carbocycles. The number of urea groups is 1. The highest BCUT2D eigenvalue weighted by Gasteiger charge is 2.36. The minimum Gasteiger partial charge on any atom is -0.343 e. The Labute approximate surface area is 248 Å². The number of carbonyl (C=O) groups is 3. The Balaban J connectivity index is 1.62. The van der Waals surface area contributed by atoms with Crippen molar-refractivity contribution in [1.29, 1.82) is 0 Å². The maximum Gasteiger partial charge on any atom is 0.416 e. The predicted octanol–water partition coefficient (Wildman–Crippen LogP) is 4.89. The van der Waals surface area contributed by atoms with Crippen molar-refractivity contribution in [2.24, 2.45) is 5.73 Å². The van der Waals surface area contributed by atoms with Gasteiger partial charge in [-0.1, -0.05) is 48.5 Å². The van der Waals surface area contributed by atoms with E-state index in [4.69, 9.17) is 5.73 Å². The number of anilines is 1. The summed E-state index contributed by atoms with van der Waals surface area (Å²) in [6.45, 7) is 5.79. The molecule has 8 nitrogen and oxygen atoms in total. The van der Waals surface area contributed by atoms with Gasteiger partial charge in [-0.15, -0.1) is 0 Å². The molecule has 3 aromatic rings. The van der Waals surface area contributed by atoms with Crippen molar-refractivity contribution in [1.82, 2.24) is 16.0 Å². The lowest BCUT2D eigenvalue weighted by Gasteiger charge is -2.28. The fourth-order valence-corrected chi connectivity index (χ4v) is 4.92. The van der Waals surface area contributed by atoms with Crippen molar-refractivity contribution in [3.63, 3.8) is 0 Å². The lowest BCUT2D eigenvalue weighted by molar-refractivity contribution is -0.137. The van der Waals surface area contributed by atoms with Crippen LogP contribution in [0.25, 0.3) is 11.1 Å². The van der Waals surface area contributed by atoms with Crippen LogP contribution in [0.2, 0.25) is 0 Å². The first kappa shape index (κ1) is 31.6. The van der Waals surface area contributed by atoms with Crippen molar-refractivity contribution in [2.45, 2.75) is 64.5 Å². The summed E-state index contributed by atoms with van der Waals surface area (Å²) in [6.07, 6.45) is -4.24. The molecule has 1 heterocycles. The van der Waals surface area contributed by atoms with Crippen LogP contribution in [-0.2, 0) is 35.3 Å². The van der Waals surface area contributed by atoms with Crippen molar-refractivity contribution < 1.29 is 27.6 Å². The summed E-state index contributed by atoms with van der Waals surface area (Å²) >= 11 is 0. The predicted molar refractivity (Wildman–Crippen MR) is 159 cm³/mol. The highest BCUT2D eigenvalue weighted by Crippen LogP contribution is 2.36. The summed E-state index contributed by atoms with van der Waals surface area (Å²) in [5.74, 6) is -0.959. The third-order valence-electron chi connectivity index (χ3n) is 7.25. The summed E-state index contributed by atoms with van der Waals surface area (Å²) in [7, 11) is 0. The van der Waals surface area contributed by atoms with Gasteiger partial charge in [0, 0.05) is 18.8 Å². The van der Waals surface area contributed by atoms with Gasteiger partial charge in [-0.3, -0.25) is 9.59 Å². The van der Waals surface area contributed by atoms with E-state index in [0.29, 0.717) is 24.3 Å². The van der Waals surface area contributed by atoms with Crippen LogP contribution in [0, 0.1) is 0 Å². The second-order valence-electron chi connectivity index (χ2n) is 11.1. The first-order valence-electron chi connectivity index (χ1n) is 14.1. The van der Waals surface area contributed by atoms with Crippen LogP contribution in [0.5, 0.6) is 0 Å². The molecule has 0 saturated heterocycles. The Morgan fingerprint density at radius 2 is 1.70 bits per heavy atom. The number of carbonyl (C=O) groups excluding carboxylic acids is 3. The zero-order valence-corrected chi connectivity index (χ0v) is 24.3. The quantitative estimate of drug-likeness (QED) is 0.297. The monoisotopic (exact) mass is 595 g/mol. The van der Waals surface area contributed by atoms with Gasteiger partial charge in [0.15, 0.2) is 0 Å². The van der Waals surface area contributed by atoms with Gasteiger partial charge in [0.05, 0.1) is 17.6 Å². The number of fused-ring (bicyclic) bond motifs is 1. The van der Waals surface area contributed by atoms with E-state index >= 15 is 0 Å². The van der Waals surface area contributed by atoms with Crippen LogP contribution in [0.1, 0.15) is 49.4 Å². The maximum atomic E-state index is 13.8. The normalized spacial score (nSPS) is 15.4. The standard InChI is InChI=1S/C32H36F3N5O3/c1-4-37-30(43)38-18-23-7-5-6-8-25(23)21-11-9-20(10-12-21)19-40-27-16-14-24(32(33,34)35)17-22(27)13-15-26(28(40)41)39-29(42)31(2,3)36/h5-12,14,16-17,26H,4,13,15,18-19,36H2,1-3H3,(H,39,42)(H2,37,38,43)/t26-/m1/s1. The molecule has 0 bridgehead atoms. The minimum absolute atomic E-state index is 0.0796. The Morgan fingerprint density at radius 3 is 2.35 bits per heavy atom. The molecule has 43 heavy (non-hydrogen) atoms. The largest absolute Gasteiger partial charge is 0.416 e. The fourth-order valence-electron chi connectivity index (χ4n) is 4.92. The number of hydrogen-bond donors (Lipinski definition) is 4. The first-order valence-corrected chi connectivity index (χ1v) is 14.1. The number of benzene rings is 3. The molecular weight excluding hydrogens is 559 g/mol.